The molecular weight excluding hydrogens is 495 g/mol. The van der Waals surface area contributed by atoms with E-state index >= 15 is 0 Å². The first-order chi connectivity index (χ1) is 16.9. The van der Waals surface area contributed by atoms with E-state index in [1.807, 2.05) is 20.9 Å². The van der Waals surface area contributed by atoms with Crippen molar-refractivity contribution < 1.29 is 27.8 Å². The molecule has 3 N–H and O–H groups in total. The Morgan fingerprint density at radius 1 is 1.14 bits per heavy atom. The van der Waals surface area contributed by atoms with Crippen molar-refractivity contribution in [1.82, 2.24) is 19.9 Å². The first-order valence-corrected chi connectivity index (χ1v) is 12.0. The standard InChI is InChI=1S/C24H26F3N5O3S/c1-23(2,13-33)9-4-10-28-20(34)14-5-8-18-17(11-14)29-21(32(18)3)31-22-30-16-7-6-15(12-19(16)36-22)35-24(25,26)27/h5-8,11-12,33H,4,9-10,13H2,1-3H3,(H,28,34)(H,29,30,31). The Bertz CT molecular complexity index is 1400. The van der Waals surface area contributed by atoms with Gasteiger partial charge in [-0.15, -0.1) is 13.2 Å². The number of amides is 1. The normalized spacial score (nSPS) is 12.3. The predicted octanol–water partition coefficient (Wildman–Crippen LogP) is 5.35. The number of aliphatic hydroxyl groups excluding tert-OH is 1. The highest BCUT2D eigenvalue weighted by atomic mass is 32.1. The molecule has 8 nitrogen and oxygen atoms in total. The number of benzene rings is 2. The largest absolute Gasteiger partial charge is 0.573 e. The van der Waals surface area contributed by atoms with Gasteiger partial charge in [0.25, 0.3) is 5.91 Å². The van der Waals surface area contributed by atoms with Crippen LogP contribution < -0.4 is 15.4 Å². The van der Waals surface area contributed by atoms with Crippen LogP contribution in [-0.2, 0) is 7.05 Å². The predicted molar refractivity (Wildman–Crippen MR) is 133 cm³/mol. The number of carbonyl (C=O) groups is 1. The minimum Gasteiger partial charge on any atom is -0.406 e. The van der Waals surface area contributed by atoms with Gasteiger partial charge in [-0.25, -0.2) is 9.97 Å². The topological polar surface area (TPSA) is 101 Å². The molecule has 0 aliphatic rings. The zero-order valence-corrected chi connectivity index (χ0v) is 20.8. The van der Waals surface area contributed by atoms with E-state index in [-0.39, 0.29) is 23.7 Å². The lowest BCUT2D eigenvalue weighted by atomic mass is 9.89. The first kappa shape index (κ1) is 25.7. The van der Waals surface area contributed by atoms with Gasteiger partial charge in [-0.1, -0.05) is 25.2 Å². The lowest BCUT2D eigenvalue weighted by Crippen LogP contribution is -2.26. The number of rotatable bonds is 9. The molecule has 4 rings (SSSR count). The van der Waals surface area contributed by atoms with Crippen LogP contribution in [0.2, 0.25) is 0 Å². The number of hydrogen-bond acceptors (Lipinski definition) is 7. The summed E-state index contributed by atoms with van der Waals surface area (Å²) in [7, 11) is 1.81. The van der Waals surface area contributed by atoms with E-state index in [2.05, 4.69) is 25.3 Å². The Morgan fingerprint density at radius 2 is 1.92 bits per heavy atom. The second-order valence-electron chi connectivity index (χ2n) is 9.20. The Morgan fingerprint density at radius 3 is 2.64 bits per heavy atom. The molecule has 0 unspecified atom stereocenters. The van der Waals surface area contributed by atoms with Gasteiger partial charge in [-0.3, -0.25) is 4.79 Å². The number of aryl methyl sites for hydroxylation is 1. The quantitative estimate of drug-likeness (QED) is 0.257. The highest BCUT2D eigenvalue weighted by Gasteiger charge is 2.31. The third-order valence-electron chi connectivity index (χ3n) is 5.70. The van der Waals surface area contributed by atoms with Crippen molar-refractivity contribution in [3.8, 4) is 5.75 Å². The van der Waals surface area contributed by atoms with Crippen LogP contribution in [0.5, 0.6) is 5.75 Å². The second-order valence-corrected chi connectivity index (χ2v) is 10.2. The molecule has 2 heterocycles. The Balaban J connectivity index is 1.46. The van der Waals surface area contributed by atoms with Crippen molar-refractivity contribution in [2.24, 2.45) is 12.5 Å². The molecule has 0 bridgehead atoms. The SMILES string of the molecule is Cn1c(Nc2nc3ccc(OC(F)(F)F)cc3s2)nc2cc(C(=O)NCCCC(C)(C)CO)ccc21. The molecular formula is C24H26F3N5O3S. The van der Waals surface area contributed by atoms with Gasteiger partial charge in [0.15, 0.2) is 5.13 Å². The molecule has 12 heteroatoms. The van der Waals surface area contributed by atoms with Crippen molar-refractivity contribution in [3.05, 3.63) is 42.0 Å². The number of ether oxygens (including phenoxy) is 1. The second kappa shape index (κ2) is 9.94. The van der Waals surface area contributed by atoms with Crippen LogP contribution >= 0.6 is 11.3 Å². The zero-order valence-electron chi connectivity index (χ0n) is 19.9. The number of fused-ring (bicyclic) bond motifs is 2. The number of nitrogens with one attached hydrogen (secondary N) is 2. The highest BCUT2D eigenvalue weighted by molar-refractivity contribution is 7.22. The van der Waals surface area contributed by atoms with E-state index < -0.39 is 6.36 Å². The summed E-state index contributed by atoms with van der Waals surface area (Å²) < 4.78 is 43.8. The molecule has 4 aromatic rings. The van der Waals surface area contributed by atoms with Gasteiger partial charge in [-0.2, -0.15) is 0 Å². The summed E-state index contributed by atoms with van der Waals surface area (Å²) in [4.78, 5) is 21.5. The van der Waals surface area contributed by atoms with Crippen LogP contribution in [0, 0.1) is 5.41 Å². The molecule has 0 saturated carbocycles. The van der Waals surface area contributed by atoms with Gasteiger partial charge >= 0.3 is 6.36 Å². The summed E-state index contributed by atoms with van der Waals surface area (Å²) in [5.41, 5.74) is 2.23. The van der Waals surface area contributed by atoms with E-state index in [1.165, 1.54) is 29.5 Å². The van der Waals surface area contributed by atoms with Crippen molar-refractivity contribution >= 4 is 49.6 Å². The zero-order chi connectivity index (χ0) is 26.1. The summed E-state index contributed by atoms with van der Waals surface area (Å²) in [6, 6.07) is 9.19. The van der Waals surface area contributed by atoms with Crippen molar-refractivity contribution in [3.63, 3.8) is 0 Å². The minimum absolute atomic E-state index is 0.0954. The Labute approximate surface area is 209 Å². The van der Waals surface area contributed by atoms with Gasteiger partial charge < -0.3 is 25.0 Å². The minimum atomic E-state index is -4.76. The van der Waals surface area contributed by atoms with Crippen molar-refractivity contribution in [2.75, 3.05) is 18.5 Å². The number of halogens is 3. The number of imidazole rings is 1. The molecule has 0 aliphatic heterocycles. The number of hydrogen-bond donors (Lipinski definition) is 3. The van der Waals surface area contributed by atoms with E-state index in [9.17, 15) is 23.1 Å². The molecule has 0 atom stereocenters. The molecule has 0 fully saturated rings. The molecule has 36 heavy (non-hydrogen) atoms. The van der Waals surface area contributed by atoms with E-state index in [0.717, 1.165) is 18.4 Å². The molecule has 1 amide bonds. The molecule has 192 valence electrons. The lowest BCUT2D eigenvalue weighted by molar-refractivity contribution is -0.274. The third-order valence-corrected chi connectivity index (χ3v) is 6.63. The van der Waals surface area contributed by atoms with Crippen LogP contribution in [0.3, 0.4) is 0 Å². The maximum Gasteiger partial charge on any atom is 0.573 e. The number of aromatic nitrogens is 3. The van der Waals surface area contributed by atoms with E-state index in [1.54, 1.807) is 22.8 Å². The Kier molecular flexibility index (Phi) is 7.10. The lowest BCUT2D eigenvalue weighted by Gasteiger charge is -2.21. The van der Waals surface area contributed by atoms with Crippen LogP contribution in [0.1, 0.15) is 37.0 Å². The summed E-state index contributed by atoms with van der Waals surface area (Å²) in [5.74, 6) is -0.0441. The average Bonchev–Trinajstić information content (AvgIpc) is 3.35. The smallest absolute Gasteiger partial charge is 0.406 e. The average molecular weight is 522 g/mol. The van der Waals surface area contributed by atoms with E-state index in [0.29, 0.717) is 38.9 Å². The summed E-state index contributed by atoms with van der Waals surface area (Å²) in [5, 5.41) is 15.8. The molecule has 2 aromatic heterocycles. The van der Waals surface area contributed by atoms with Crippen LogP contribution in [-0.4, -0.2) is 45.1 Å². The number of alkyl halides is 3. The maximum atomic E-state index is 12.6. The van der Waals surface area contributed by atoms with Crippen LogP contribution in [0.4, 0.5) is 24.3 Å². The monoisotopic (exact) mass is 521 g/mol. The molecule has 2 aromatic carbocycles. The maximum absolute atomic E-state index is 12.6. The highest BCUT2D eigenvalue weighted by Crippen LogP contribution is 2.33. The van der Waals surface area contributed by atoms with Gasteiger partial charge in [-0.05, 0) is 48.6 Å². The van der Waals surface area contributed by atoms with Crippen molar-refractivity contribution in [1.29, 1.82) is 0 Å². The number of aliphatic hydroxyl groups is 1. The fraction of sp³-hybridized carbons (Fsp3) is 0.375. The fourth-order valence-corrected chi connectivity index (χ4v) is 4.54. The van der Waals surface area contributed by atoms with Gasteiger partial charge in [0, 0.05) is 31.8 Å². The fourth-order valence-electron chi connectivity index (χ4n) is 3.65. The number of anilines is 2. The van der Waals surface area contributed by atoms with Crippen LogP contribution in [0.15, 0.2) is 36.4 Å². The number of nitrogens with zero attached hydrogens (tertiary/aromatic N) is 3. The summed E-state index contributed by atoms with van der Waals surface area (Å²) in [6.45, 7) is 4.55. The molecule has 0 spiro atoms. The number of thiazole rings is 1. The van der Waals surface area contributed by atoms with Gasteiger partial charge in [0.2, 0.25) is 5.95 Å². The van der Waals surface area contributed by atoms with Crippen molar-refractivity contribution in [2.45, 2.75) is 33.1 Å². The van der Waals surface area contributed by atoms with Gasteiger partial charge in [0.05, 0.1) is 21.3 Å². The molecule has 0 radical (unpaired) electrons. The summed E-state index contributed by atoms with van der Waals surface area (Å²) >= 11 is 1.17. The Hall–Kier alpha value is -3.38. The first-order valence-electron chi connectivity index (χ1n) is 11.2. The molecule has 0 aliphatic carbocycles. The summed E-state index contributed by atoms with van der Waals surface area (Å²) in [6.07, 6.45) is -3.22. The van der Waals surface area contributed by atoms with Gasteiger partial charge in [0.1, 0.15) is 5.75 Å². The molecule has 0 saturated heterocycles. The third kappa shape index (κ3) is 6.05. The number of carbonyl (C=O) groups excluding carboxylic acids is 1. The van der Waals surface area contributed by atoms with E-state index in [4.69, 9.17) is 0 Å². The van der Waals surface area contributed by atoms with Crippen LogP contribution in [0.25, 0.3) is 21.3 Å².